The van der Waals surface area contributed by atoms with E-state index >= 15 is 0 Å². The number of fused-ring (bicyclic) bond motifs is 1. The summed E-state index contributed by atoms with van der Waals surface area (Å²) in [6, 6.07) is 9.35. The molecule has 1 unspecified atom stereocenters. The molecule has 1 spiro atoms. The largest absolute Gasteiger partial charge is 0.421 e. The third-order valence-electron chi connectivity index (χ3n) is 6.87. The maximum absolute atomic E-state index is 13.4. The Morgan fingerprint density at radius 2 is 1.94 bits per heavy atom. The van der Waals surface area contributed by atoms with E-state index in [0.717, 1.165) is 38.6 Å². The number of hydrogen-bond donors (Lipinski definition) is 0. The Morgan fingerprint density at radius 1 is 1.19 bits per heavy atom. The quantitative estimate of drug-likeness (QED) is 0.710. The number of benzene rings is 1. The van der Waals surface area contributed by atoms with Gasteiger partial charge in [0.1, 0.15) is 5.75 Å². The monoisotopic (exact) mass is 430 g/mol. The molecular formula is C24H34N2O5. The third-order valence-corrected chi connectivity index (χ3v) is 6.87. The van der Waals surface area contributed by atoms with Crippen molar-refractivity contribution >= 4 is 12.0 Å². The predicted molar refractivity (Wildman–Crippen MR) is 116 cm³/mol. The Bertz CT molecular complexity index is 764. The Labute approximate surface area is 184 Å². The number of ether oxygens (including phenoxy) is 3. The van der Waals surface area contributed by atoms with Gasteiger partial charge in [0.05, 0.1) is 19.1 Å². The van der Waals surface area contributed by atoms with Crippen LogP contribution in [0.5, 0.6) is 5.75 Å². The molecule has 1 aromatic carbocycles. The van der Waals surface area contributed by atoms with E-state index in [-0.39, 0.29) is 11.8 Å². The minimum absolute atomic E-state index is 0.143. The van der Waals surface area contributed by atoms with Crippen LogP contribution in [-0.4, -0.2) is 66.5 Å². The van der Waals surface area contributed by atoms with Crippen molar-refractivity contribution in [3.63, 3.8) is 0 Å². The van der Waals surface area contributed by atoms with Crippen molar-refractivity contribution in [1.29, 1.82) is 0 Å². The van der Waals surface area contributed by atoms with Gasteiger partial charge in [0.15, 0.2) is 5.79 Å². The number of likely N-dealkylation sites (tertiary alicyclic amines) is 1. The van der Waals surface area contributed by atoms with Crippen molar-refractivity contribution in [2.24, 2.45) is 11.8 Å². The molecule has 0 bridgehead atoms. The summed E-state index contributed by atoms with van der Waals surface area (Å²) in [6.45, 7) is 7.22. The molecule has 2 saturated heterocycles. The van der Waals surface area contributed by atoms with Crippen molar-refractivity contribution in [1.82, 2.24) is 9.80 Å². The number of nitrogens with zero attached hydrogens (tertiary/aromatic N) is 2. The molecule has 1 aromatic rings. The minimum atomic E-state index is -0.606. The molecule has 7 nitrogen and oxygen atoms in total. The fraction of sp³-hybridized carbons (Fsp3) is 0.667. The topological polar surface area (TPSA) is 68.3 Å². The van der Waals surface area contributed by atoms with Crippen LogP contribution in [0.25, 0.3) is 0 Å². The van der Waals surface area contributed by atoms with Gasteiger partial charge in [0.2, 0.25) is 5.91 Å². The lowest BCUT2D eigenvalue weighted by molar-refractivity contribution is -0.204. The fourth-order valence-electron chi connectivity index (χ4n) is 5.54. The molecule has 0 radical (unpaired) electrons. The van der Waals surface area contributed by atoms with Gasteiger partial charge in [-0.3, -0.25) is 9.69 Å². The van der Waals surface area contributed by atoms with Crippen LogP contribution in [-0.2, 0) is 14.3 Å². The van der Waals surface area contributed by atoms with Crippen molar-refractivity contribution < 1.29 is 23.8 Å². The first kappa shape index (κ1) is 22.2. The van der Waals surface area contributed by atoms with E-state index in [1.54, 1.807) is 24.3 Å². The Kier molecular flexibility index (Phi) is 6.94. The van der Waals surface area contributed by atoms with Gasteiger partial charge >= 0.3 is 6.09 Å². The lowest BCUT2D eigenvalue weighted by Crippen LogP contribution is -2.57. The summed E-state index contributed by atoms with van der Waals surface area (Å²) in [5.74, 6) is -0.0750. The minimum Gasteiger partial charge on any atom is -0.410 e. The zero-order chi connectivity index (χ0) is 21.8. The van der Waals surface area contributed by atoms with Crippen LogP contribution in [0.4, 0.5) is 4.79 Å². The third kappa shape index (κ3) is 4.78. The Morgan fingerprint density at radius 3 is 2.61 bits per heavy atom. The van der Waals surface area contributed by atoms with Crippen LogP contribution >= 0.6 is 0 Å². The van der Waals surface area contributed by atoms with Gasteiger partial charge in [-0.1, -0.05) is 25.1 Å². The van der Waals surface area contributed by atoms with E-state index < -0.39 is 11.9 Å². The smallest absolute Gasteiger partial charge is 0.410 e. The molecule has 4 rings (SSSR count). The Hall–Kier alpha value is -1.96. The second kappa shape index (κ2) is 9.67. The number of piperidine rings is 1. The first-order valence-electron chi connectivity index (χ1n) is 11.7. The molecule has 1 saturated carbocycles. The number of amides is 2. The first-order valence-corrected chi connectivity index (χ1v) is 11.7. The number of carbonyl (C=O) groups excluding carboxylic acids is 2. The summed E-state index contributed by atoms with van der Waals surface area (Å²) in [6.07, 6.45) is 3.95. The fourth-order valence-corrected chi connectivity index (χ4v) is 5.54. The van der Waals surface area contributed by atoms with Gasteiger partial charge in [-0.2, -0.15) is 0 Å². The second-order valence-electron chi connectivity index (χ2n) is 8.87. The highest BCUT2D eigenvalue weighted by Crippen LogP contribution is 2.45. The standard InChI is InChI=1S/C24H34N2O5/c1-3-12-25-17-19(15-18-16-24(11-10-21(18)25)29-13-14-30-24)22(27)26(4-2)23(28)31-20-8-6-5-7-9-20/h5-9,18-19,21H,3-4,10-17H2,1-2H3/t18?,19-,21-/m1/s1. The molecule has 3 aliphatic rings. The van der Waals surface area contributed by atoms with E-state index in [4.69, 9.17) is 14.2 Å². The van der Waals surface area contributed by atoms with E-state index in [2.05, 4.69) is 11.8 Å². The molecule has 0 N–H and O–H groups in total. The Balaban J connectivity index is 1.47. The van der Waals surface area contributed by atoms with Crippen molar-refractivity contribution in [2.75, 3.05) is 32.8 Å². The zero-order valence-electron chi connectivity index (χ0n) is 18.6. The van der Waals surface area contributed by atoms with Crippen molar-refractivity contribution in [3.05, 3.63) is 30.3 Å². The maximum atomic E-state index is 13.4. The lowest BCUT2D eigenvalue weighted by Gasteiger charge is -2.50. The molecule has 3 fully saturated rings. The first-order chi connectivity index (χ1) is 15.0. The summed E-state index contributed by atoms with van der Waals surface area (Å²) in [7, 11) is 0. The number of hydrogen-bond acceptors (Lipinski definition) is 6. The summed E-state index contributed by atoms with van der Waals surface area (Å²) < 4.78 is 17.4. The molecule has 170 valence electrons. The van der Waals surface area contributed by atoms with E-state index in [9.17, 15) is 9.59 Å². The van der Waals surface area contributed by atoms with Gasteiger partial charge in [0.25, 0.3) is 0 Å². The highest BCUT2D eigenvalue weighted by molar-refractivity contribution is 5.94. The normalized spacial score (nSPS) is 27.6. The predicted octanol–water partition coefficient (Wildman–Crippen LogP) is 3.68. The second-order valence-corrected chi connectivity index (χ2v) is 8.87. The highest BCUT2D eigenvalue weighted by atomic mass is 16.7. The van der Waals surface area contributed by atoms with Gasteiger partial charge in [0, 0.05) is 32.0 Å². The van der Waals surface area contributed by atoms with Crippen LogP contribution in [0.3, 0.4) is 0 Å². The molecule has 31 heavy (non-hydrogen) atoms. The van der Waals surface area contributed by atoms with E-state index in [0.29, 0.717) is 44.0 Å². The molecule has 2 amide bonds. The summed E-state index contributed by atoms with van der Waals surface area (Å²) in [4.78, 5) is 29.9. The molecule has 0 aromatic heterocycles. The SMILES string of the molecule is CCCN1C[C@H](C(=O)N(CC)C(=O)Oc2ccccc2)CC2CC3(CC[C@H]21)OCCO3. The van der Waals surface area contributed by atoms with Crippen molar-refractivity contribution in [3.8, 4) is 5.75 Å². The molecule has 2 aliphatic heterocycles. The van der Waals surface area contributed by atoms with Crippen molar-refractivity contribution in [2.45, 2.75) is 57.8 Å². The van der Waals surface area contributed by atoms with Crippen LogP contribution in [0.1, 0.15) is 46.0 Å². The van der Waals surface area contributed by atoms with E-state index in [1.165, 1.54) is 4.90 Å². The molecule has 2 heterocycles. The average Bonchev–Trinajstić information content (AvgIpc) is 3.22. The lowest BCUT2D eigenvalue weighted by atomic mass is 9.72. The summed E-state index contributed by atoms with van der Waals surface area (Å²) in [5, 5.41) is 0. The van der Waals surface area contributed by atoms with Gasteiger partial charge in [-0.05, 0) is 50.8 Å². The van der Waals surface area contributed by atoms with Gasteiger partial charge < -0.3 is 14.2 Å². The van der Waals surface area contributed by atoms with E-state index in [1.807, 2.05) is 13.0 Å². The summed E-state index contributed by atoms with van der Waals surface area (Å²) >= 11 is 0. The highest BCUT2D eigenvalue weighted by Gasteiger charge is 2.50. The van der Waals surface area contributed by atoms with Gasteiger partial charge in [-0.25, -0.2) is 9.69 Å². The number of rotatable bonds is 5. The number of para-hydroxylation sites is 1. The number of carbonyl (C=O) groups is 2. The number of imide groups is 1. The molecular weight excluding hydrogens is 396 g/mol. The zero-order valence-corrected chi connectivity index (χ0v) is 18.6. The molecule has 3 atom stereocenters. The van der Waals surface area contributed by atoms with Crippen LogP contribution in [0.2, 0.25) is 0 Å². The maximum Gasteiger partial charge on any atom is 0.421 e. The van der Waals surface area contributed by atoms with Crippen LogP contribution in [0, 0.1) is 11.8 Å². The molecule has 7 heteroatoms. The molecule has 1 aliphatic carbocycles. The van der Waals surface area contributed by atoms with Gasteiger partial charge in [-0.15, -0.1) is 0 Å². The summed E-state index contributed by atoms with van der Waals surface area (Å²) in [5.41, 5.74) is 0. The average molecular weight is 431 g/mol. The van der Waals surface area contributed by atoms with Crippen LogP contribution in [0.15, 0.2) is 30.3 Å². The van der Waals surface area contributed by atoms with Crippen LogP contribution < -0.4 is 4.74 Å².